The molecule has 384 valence electrons. The van der Waals surface area contributed by atoms with Crippen LogP contribution in [-0.4, -0.2) is 14.1 Å². The van der Waals surface area contributed by atoms with Gasteiger partial charge in [-0.2, -0.15) is 12.1 Å². The summed E-state index contributed by atoms with van der Waals surface area (Å²) in [6.45, 7) is 10.6. The second-order valence-corrected chi connectivity index (χ2v) is 23.1. The van der Waals surface area contributed by atoms with Gasteiger partial charge in [0, 0.05) is 62.3 Å². The minimum absolute atomic E-state index is 0. The minimum atomic E-state index is -3.48. The zero-order valence-corrected chi connectivity index (χ0v) is 46.5. The number of anilines is 2. The molecular weight excluding hydrogens is 1110 g/mol. The maximum absolute atomic E-state index is 8.86. The van der Waals surface area contributed by atoms with Crippen LogP contribution in [-0.2, 0) is 42.7 Å². The fourth-order valence-corrected chi connectivity index (χ4v) is 11.0. The van der Waals surface area contributed by atoms with E-state index >= 15 is 0 Å². The average molecular weight is 1180 g/mol. The van der Waals surface area contributed by atoms with E-state index in [9.17, 15) is 0 Å². The molecule has 0 bridgehead atoms. The standard InChI is InChI=1S/C70H65N4O.Pt/c1-67(2,3)45-35-36-71-63(40-45)74-61-30-18-17-27-56(61)57-32-31-50(42-62(57)74)75-49-22-19-21-48(41-49)72-43-73-64-51(44-37-46(68(4,5)6)39-47(38-44)69(7,8)9)28-20-29-58(64)54-25-15-13-23-52(54)53-24-14-16-26-55(53)59-33-34-60(70(10,11)12)66(72)65(59)73;/h13-40,43H,1-12H3;/q-3;/i4D3,5D3,6D3;. The van der Waals surface area contributed by atoms with Gasteiger partial charge in [-0.3, -0.25) is 0 Å². The van der Waals surface area contributed by atoms with Gasteiger partial charge in [0.05, 0.1) is 0 Å². The van der Waals surface area contributed by atoms with E-state index in [1.807, 2.05) is 99.8 Å². The number of benzene rings is 8. The number of fused-ring (bicyclic) bond motifs is 10. The molecule has 3 aromatic heterocycles. The Morgan fingerprint density at radius 3 is 1.74 bits per heavy atom. The molecular formula is C70H65N4OPt-3. The molecule has 11 aromatic rings. The summed E-state index contributed by atoms with van der Waals surface area (Å²) >= 11 is 0. The molecule has 6 heteroatoms. The largest absolute Gasteiger partial charge is 0.509 e. The van der Waals surface area contributed by atoms with Crippen molar-refractivity contribution in [1.29, 1.82) is 0 Å². The molecule has 0 atom stereocenters. The second kappa shape index (κ2) is 18.5. The van der Waals surface area contributed by atoms with Crippen molar-refractivity contribution in [2.24, 2.45) is 0 Å². The summed E-state index contributed by atoms with van der Waals surface area (Å²) in [6.07, 6.45) is 1.86. The molecule has 0 saturated heterocycles. The van der Waals surface area contributed by atoms with Crippen LogP contribution in [0.2, 0.25) is 0 Å². The van der Waals surface area contributed by atoms with Crippen molar-refractivity contribution in [2.75, 3.05) is 4.90 Å². The number of pyridine rings is 1. The quantitative estimate of drug-likeness (QED) is 0.161. The molecule has 0 N–H and O–H groups in total. The Bertz CT molecular complexity index is 4510. The molecule has 0 amide bonds. The zero-order valence-electron chi connectivity index (χ0n) is 53.3. The Balaban J connectivity index is 0.00000752. The van der Waals surface area contributed by atoms with E-state index < -0.39 is 36.8 Å². The van der Waals surface area contributed by atoms with E-state index in [2.05, 4.69) is 153 Å². The van der Waals surface area contributed by atoms with E-state index in [4.69, 9.17) is 22.1 Å². The fourth-order valence-electron chi connectivity index (χ4n) is 11.0. The summed E-state index contributed by atoms with van der Waals surface area (Å²) in [4.78, 5) is 7.04. The maximum Gasteiger partial charge on any atom is 0.135 e. The number of hydrogen-bond donors (Lipinski definition) is 0. The third-order valence-corrected chi connectivity index (χ3v) is 14.8. The maximum atomic E-state index is 8.86. The molecule has 8 aromatic carbocycles. The summed E-state index contributed by atoms with van der Waals surface area (Å²) < 4.78 is 90.9. The minimum Gasteiger partial charge on any atom is -0.509 e. The first-order valence-electron chi connectivity index (χ1n) is 30.2. The molecule has 12 rings (SSSR count). The third-order valence-electron chi connectivity index (χ3n) is 14.8. The first kappa shape index (κ1) is 40.9. The monoisotopic (exact) mass is 1180 g/mol. The van der Waals surface area contributed by atoms with Gasteiger partial charge < -0.3 is 18.8 Å². The number of ether oxygens (including phenoxy) is 1. The van der Waals surface area contributed by atoms with Crippen LogP contribution in [0.1, 0.15) is 117 Å². The van der Waals surface area contributed by atoms with Gasteiger partial charge in [0.1, 0.15) is 5.82 Å². The van der Waals surface area contributed by atoms with Crippen molar-refractivity contribution >= 4 is 76.5 Å². The van der Waals surface area contributed by atoms with E-state index in [-0.39, 0.29) is 32.0 Å². The van der Waals surface area contributed by atoms with E-state index in [0.29, 0.717) is 39.4 Å². The van der Waals surface area contributed by atoms with Crippen LogP contribution in [0.3, 0.4) is 0 Å². The Kier molecular flexibility index (Phi) is 9.93. The van der Waals surface area contributed by atoms with E-state index in [1.165, 1.54) is 12.1 Å². The van der Waals surface area contributed by atoms with Crippen molar-refractivity contribution in [3.05, 3.63) is 211 Å². The molecule has 0 unspecified atom stereocenters. The average Bonchev–Trinajstić information content (AvgIpc) is 1.69. The SMILES string of the molecule is [2H]C([2H])([2H])C(c1cc(-c2cccc3c4ccccc4c4ccccc4c4ccc(C(C)(C)C)c5c4n(c23)[CH-]N5c2[c-]c(Oc3[c-]c4c(cc3)c3ccccc3n4-c3cc(C(C)(C)C)ccn3)ccc2)cc(C(C)(C)C)c1)(C([2H])([2H])[2H])C([2H])([2H])[2H].[Pt]. The topological polar surface area (TPSA) is 35.2 Å². The molecule has 4 heterocycles. The predicted molar refractivity (Wildman–Crippen MR) is 317 cm³/mol. The molecule has 0 radical (unpaired) electrons. The first-order chi connectivity index (χ1) is 39.5. The number of nitrogens with zero attached hydrogens (tertiary/aromatic N) is 4. The van der Waals surface area contributed by atoms with Crippen molar-refractivity contribution in [3.8, 4) is 28.4 Å². The molecule has 0 aliphatic carbocycles. The molecule has 76 heavy (non-hydrogen) atoms. The molecule has 1 aliphatic rings. The summed E-state index contributed by atoms with van der Waals surface area (Å²) in [5, 5.41) is 7.76. The van der Waals surface area contributed by atoms with Crippen LogP contribution in [0.25, 0.3) is 82.1 Å². The van der Waals surface area contributed by atoms with E-state index in [0.717, 1.165) is 82.3 Å². The van der Waals surface area contributed by atoms with Gasteiger partial charge in [0.25, 0.3) is 0 Å². The van der Waals surface area contributed by atoms with Gasteiger partial charge in [-0.05, 0) is 129 Å². The molecule has 0 spiro atoms. The predicted octanol–water partition coefficient (Wildman–Crippen LogP) is 19.1. The summed E-state index contributed by atoms with van der Waals surface area (Å²) in [7, 11) is 0. The Morgan fingerprint density at radius 1 is 0.500 bits per heavy atom. The Labute approximate surface area is 475 Å². The van der Waals surface area contributed by atoms with Crippen LogP contribution in [0.5, 0.6) is 11.5 Å². The second-order valence-electron chi connectivity index (χ2n) is 23.1. The van der Waals surface area contributed by atoms with Crippen molar-refractivity contribution < 1.29 is 38.1 Å². The van der Waals surface area contributed by atoms with Crippen LogP contribution in [0.15, 0.2) is 170 Å². The van der Waals surface area contributed by atoms with Crippen LogP contribution in [0.4, 0.5) is 11.4 Å². The zero-order chi connectivity index (χ0) is 59.8. The van der Waals surface area contributed by atoms with Gasteiger partial charge in [-0.25, -0.2) is 4.98 Å². The summed E-state index contributed by atoms with van der Waals surface area (Å²) in [6, 6.07) is 61.6. The fraction of sp³-hybridized carbons (Fsp3) is 0.229. The first-order valence-corrected chi connectivity index (χ1v) is 25.7. The van der Waals surface area contributed by atoms with Crippen LogP contribution in [0, 0.1) is 18.8 Å². The van der Waals surface area contributed by atoms with Gasteiger partial charge >= 0.3 is 0 Å². The van der Waals surface area contributed by atoms with Gasteiger partial charge in [-0.15, -0.1) is 35.7 Å². The van der Waals surface area contributed by atoms with Gasteiger partial charge in [-0.1, -0.05) is 209 Å². The number of hydrogen-bond acceptors (Lipinski definition) is 3. The van der Waals surface area contributed by atoms with Crippen molar-refractivity contribution in [1.82, 2.24) is 14.1 Å². The van der Waals surface area contributed by atoms with Gasteiger partial charge in [0.15, 0.2) is 0 Å². The molecule has 0 fully saturated rings. The summed E-state index contributed by atoms with van der Waals surface area (Å²) in [5.41, 5.74) is 4.06. The number of para-hydroxylation sites is 2. The molecule has 0 saturated carbocycles. The van der Waals surface area contributed by atoms with Crippen molar-refractivity contribution in [3.63, 3.8) is 0 Å². The Morgan fingerprint density at radius 2 is 1.08 bits per heavy atom. The smallest absolute Gasteiger partial charge is 0.135 e. The van der Waals surface area contributed by atoms with Crippen molar-refractivity contribution in [2.45, 2.75) is 105 Å². The molecule has 1 aliphatic heterocycles. The van der Waals surface area contributed by atoms with Gasteiger partial charge in [0.2, 0.25) is 0 Å². The Hall–Kier alpha value is -7.33. The normalized spacial score (nSPS) is 15.2. The summed E-state index contributed by atoms with van der Waals surface area (Å²) in [5.74, 6) is 1.73. The molecule has 5 nitrogen and oxygen atoms in total. The van der Waals surface area contributed by atoms with E-state index in [1.54, 1.807) is 0 Å². The van der Waals surface area contributed by atoms with Crippen LogP contribution < -0.4 is 9.64 Å². The number of aromatic nitrogens is 3. The van der Waals surface area contributed by atoms with Crippen LogP contribution >= 0.6 is 0 Å². The third kappa shape index (κ3) is 8.71. The number of rotatable bonds is 5.